The predicted molar refractivity (Wildman–Crippen MR) is 71.1 cm³/mol. The van der Waals surface area contributed by atoms with Crippen molar-refractivity contribution in [2.45, 2.75) is 17.8 Å². The quantitative estimate of drug-likeness (QED) is 0.589. The van der Waals surface area contributed by atoms with Crippen molar-refractivity contribution in [3.63, 3.8) is 0 Å². The number of aromatic hydroxyl groups is 1. The first-order valence-electron chi connectivity index (χ1n) is 5.29. The van der Waals surface area contributed by atoms with Crippen LogP contribution in [0.25, 0.3) is 4.96 Å². The van der Waals surface area contributed by atoms with Crippen molar-refractivity contribution in [1.82, 2.24) is 19.4 Å². The zero-order valence-electron chi connectivity index (χ0n) is 9.57. The number of thiazole rings is 1. The monoisotopic (exact) mass is 278 g/mol. The number of nitrogens with zero attached hydrogens (tertiary/aromatic N) is 4. The predicted octanol–water partition coefficient (Wildman–Crippen LogP) is 2.49. The molecule has 3 aromatic rings. The lowest BCUT2D eigenvalue weighted by Crippen LogP contribution is -1.90. The van der Waals surface area contributed by atoms with E-state index in [4.69, 9.17) is 0 Å². The lowest BCUT2D eigenvalue weighted by atomic mass is 10.4. The van der Waals surface area contributed by atoms with Crippen LogP contribution < -0.4 is 0 Å². The number of aromatic nitrogens is 4. The van der Waals surface area contributed by atoms with E-state index in [9.17, 15) is 5.11 Å². The van der Waals surface area contributed by atoms with Gasteiger partial charge in [0.15, 0.2) is 10.1 Å². The first kappa shape index (κ1) is 11.5. The first-order chi connectivity index (χ1) is 8.70. The Morgan fingerprint density at radius 1 is 1.39 bits per heavy atom. The molecule has 0 spiro atoms. The number of imidazole rings is 1. The van der Waals surface area contributed by atoms with Crippen LogP contribution in [0.3, 0.4) is 0 Å². The molecule has 0 saturated carbocycles. The zero-order valence-corrected chi connectivity index (χ0v) is 11.2. The Kier molecular flexibility index (Phi) is 2.92. The third-order valence-electron chi connectivity index (χ3n) is 2.31. The first-order valence-corrected chi connectivity index (χ1v) is 7.16. The third-order valence-corrected chi connectivity index (χ3v) is 3.96. The molecule has 1 N–H and O–H groups in total. The van der Waals surface area contributed by atoms with Gasteiger partial charge >= 0.3 is 0 Å². The maximum atomic E-state index is 9.39. The molecule has 18 heavy (non-hydrogen) atoms. The molecule has 0 aromatic carbocycles. The van der Waals surface area contributed by atoms with Crippen molar-refractivity contribution in [1.29, 1.82) is 0 Å². The van der Waals surface area contributed by atoms with E-state index in [1.54, 1.807) is 11.3 Å². The molecule has 3 aromatic heterocycles. The highest BCUT2D eigenvalue weighted by molar-refractivity contribution is 7.98. The van der Waals surface area contributed by atoms with Gasteiger partial charge in [-0.15, -0.1) is 11.3 Å². The summed E-state index contributed by atoms with van der Waals surface area (Å²) in [4.78, 5) is 13.7. The number of hydrogen-bond donors (Lipinski definition) is 1. The molecule has 92 valence electrons. The van der Waals surface area contributed by atoms with E-state index < -0.39 is 0 Å². The number of rotatable bonds is 3. The second kappa shape index (κ2) is 4.58. The summed E-state index contributed by atoms with van der Waals surface area (Å²) < 4.78 is 2.00. The van der Waals surface area contributed by atoms with E-state index >= 15 is 0 Å². The van der Waals surface area contributed by atoms with Gasteiger partial charge in [-0.3, -0.25) is 4.40 Å². The second-order valence-electron chi connectivity index (χ2n) is 3.76. The average molecular weight is 278 g/mol. The number of fused-ring (bicyclic) bond motifs is 1. The molecular weight excluding hydrogens is 268 g/mol. The van der Waals surface area contributed by atoms with Crippen molar-refractivity contribution >= 4 is 28.1 Å². The molecule has 7 heteroatoms. The van der Waals surface area contributed by atoms with E-state index in [2.05, 4.69) is 15.0 Å². The molecule has 0 aliphatic heterocycles. The fourth-order valence-electron chi connectivity index (χ4n) is 1.57. The topological polar surface area (TPSA) is 63.3 Å². The fourth-order valence-corrected chi connectivity index (χ4v) is 3.08. The zero-order chi connectivity index (χ0) is 12.5. The summed E-state index contributed by atoms with van der Waals surface area (Å²) in [6.07, 6.45) is 3.98. The maximum Gasteiger partial charge on any atom is 0.215 e. The van der Waals surface area contributed by atoms with Gasteiger partial charge in [0, 0.05) is 35.3 Å². The molecule has 0 radical (unpaired) electrons. The van der Waals surface area contributed by atoms with Crippen LogP contribution in [0.2, 0.25) is 0 Å². The van der Waals surface area contributed by atoms with E-state index in [1.165, 1.54) is 17.8 Å². The third kappa shape index (κ3) is 2.32. The summed E-state index contributed by atoms with van der Waals surface area (Å²) in [7, 11) is 0. The number of hydrogen-bond acceptors (Lipinski definition) is 6. The Balaban J connectivity index is 1.75. The second-order valence-corrected chi connectivity index (χ2v) is 5.58. The Bertz CT molecular complexity index is 642. The van der Waals surface area contributed by atoms with Crippen LogP contribution in [0.15, 0.2) is 29.0 Å². The highest BCUT2D eigenvalue weighted by Crippen LogP contribution is 2.22. The molecule has 5 nitrogen and oxygen atoms in total. The Labute approximate surface area is 112 Å². The number of thioether (sulfide) groups is 1. The van der Waals surface area contributed by atoms with Gasteiger partial charge in [-0.05, 0) is 6.92 Å². The Hall–Kier alpha value is -1.60. The van der Waals surface area contributed by atoms with E-state index in [-0.39, 0.29) is 5.88 Å². The van der Waals surface area contributed by atoms with Gasteiger partial charge in [-0.2, -0.15) is 4.98 Å². The molecule has 0 amide bonds. The molecular formula is C11H10N4OS2. The van der Waals surface area contributed by atoms with Gasteiger partial charge < -0.3 is 5.11 Å². The minimum absolute atomic E-state index is 0.0100. The van der Waals surface area contributed by atoms with Crippen LogP contribution in [-0.4, -0.2) is 24.5 Å². The van der Waals surface area contributed by atoms with Gasteiger partial charge in [0.2, 0.25) is 5.88 Å². The van der Waals surface area contributed by atoms with Crippen LogP contribution in [0.4, 0.5) is 0 Å². The summed E-state index contributed by atoms with van der Waals surface area (Å²) in [5.74, 6) is 0.702. The average Bonchev–Trinajstić information content (AvgIpc) is 2.84. The molecule has 3 rings (SSSR count). The minimum Gasteiger partial charge on any atom is -0.493 e. The molecule has 3 heterocycles. The van der Waals surface area contributed by atoms with Crippen molar-refractivity contribution in [2.75, 3.05) is 0 Å². The Morgan fingerprint density at radius 3 is 3.06 bits per heavy atom. The highest BCUT2D eigenvalue weighted by Gasteiger charge is 2.06. The van der Waals surface area contributed by atoms with Gasteiger partial charge in [0.25, 0.3) is 0 Å². The van der Waals surface area contributed by atoms with Gasteiger partial charge in [-0.1, -0.05) is 11.8 Å². The van der Waals surface area contributed by atoms with Crippen LogP contribution in [0.5, 0.6) is 5.88 Å². The largest absolute Gasteiger partial charge is 0.493 e. The van der Waals surface area contributed by atoms with Crippen molar-refractivity contribution in [3.8, 4) is 5.88 Å². The summed E-state index contributed by atoms with van der Waals surface area (Å²) in [5.41, 5.74) is 1.74. The Morgan fingerprint density at radius 2 is 2.28 bits per heavy atom. The van der Waals surface area contributed by atoms with E-state index in [1.807, 2.05) is 29.1 Å². The molecule has 0 unspecified atom stereocenters. The van der Waals surface area contributed by atoms with Crippen LogP contribution >= 0.6 is 23.1 Å². The SMILES string of the molecule is Cc1cc(O)nc(SCc2cn3ccsc3n2)n1. The molecule has 0 saturated heterocycles. The summed E-state index contributed by atoms with van der Waals surface area (Å²) in [6.45, 7) is 1.83. The van der Waals surface area contributed by atoms with Crippen LogP contribution in [-0.2, 0) is 5.75 Å². The summed E-state index contributed by atoms with van der Waals surface area (Å²) in [6, 6.07) is 1.54. The van der Waals surface area contributed by atoms with Gasteiger partial charge in [-0.25, -0.2) is 9.97 Å². The molecule has 0 bridgehead atoms. The van der Waals surface area contributed by atoms with E-state index in [0.717, 1.165) is 16.3 Å². The van der Waals surface area contributed by atoms with E-state index in [0.29, 0.717) is 10.9 Å². The normalized spacial score (nSPS) is 11.2. The van der Waals surface area contributed by atoms with Gasteiger partial charge in [0.05, 0.1) is 5.69 Å². The van der Waals surface area contributed by atoms with Crippen molar-refractivity contribution in [3.05, 3.63) is 35.2 Å². The maximum absolute atomic E-state index is 9.39. The van der Waals surface area contributed by atoms with Crippen LogP contribution in [0.1, 0.15) is 11.4 Å². The molecule has 0 atom stereocenters. The van der Waals surface area contributed by atoms with Crippen molar-refractivity contribution in [2.24, 2.45) is 0 Å². The standard InChI is InChI=1S/C11H10N4OS2/c1-7-4-9(16)14-10(12-7)18-6-8-5-15-2-3-17-11(15)13-8/h2-5H,6H2,1H3,(H,12,14,16). The number of aryl methyl sites for hydroxylation is 1. The molecule has 0 aliphatic carbocycles. The smallest absolute Gasteiger partial charge is 0.215 e. The fraction of sp³-hybridized carbons (Fsp3) is 0.182. The van der Waals surface area contributed by atoms with Crippen LogP contribution in [0, 0.1) is 6.92 Å². The summed E-state index contributed by atoms with van der Waals surface area (Å²) in [5, 5.41) is 12.0. The van der Waals surface area contributed by atoms with Gasteiger partial charge in [0.1, 0.15) is 0 Å². The van der Waals surface area contributed by atoms with Crippen molar-refractivity contribution < 1.29 is 5.11 Å². The summed E-state index contributed by atoms with van der Waals surface area (Å²) >= 11 is 3.07. The molecule has 0 aliphatic rings. The molecule has 0 fully saturated rings. The minimum atomic E-state index is 0.0100. The lowest BCUT2D eigenvalue weighted by Gasteiger charge is -2.00. The highest BCUT2D eigenvalue weighted by atomic mass is 32.2. The lowest BCUT2D eigenvalue weighted by molar-refractivity contribution is 0.444.